The van der Waals surface area contributed by atoms with E-state index in [-0.39, 0.29) is 34.7 Å². The van der Waals surface area contributed by atoms with Crippen LogP contribution in [0, 0.1) is 0 Å². The van der Waals surface area contributed by atoms with Crippen molar-refractivity contribution in [1.29, 1.82) is 0 Å². The molecule has 2 aliphatic heterocycles. The lowest BCUT2D eigenvalue weighted by molar-refractivity contribution is -0.286. The number of aromatic nitrogens is 1. The van der Waals surface area contributed by atoms with Crippen molar-refractivity contribution in [2.24, 2.45) is 0 Å². The summed E-state index contributed by atoms with van der Waals surface area (Å²) in [5, 5.41) is 8.71. The molecule has 1 fully saturated rings. The normalized spacial score (nSPS) is 15.2. The summed E-state index contributed by atoms with van der Waals surface area (Å²) in [6.07, 6.45) is -0.0680. The molecule has 2 aliphatic rings. The number of benzene rings is 2. The van der Waals surface area contributed by atoms with Crippen molar-refractivity contribution in [3.8, 4) is 11.5 Å². The van der Waals surface area contributed by atoms with Crippen LogP contribution in [0.2, 0.25) is 0 Å². The quantitative estimate of drug-likeness (QED) is 0.326. The number of amides is 3. The average molecular weight is 552 g/mol. The van der Waals surface area contributed by atoms with Crippen LogP contribution in [0.25, 0.3) is 0 Å². The second kappa shape index (κ2) is 11.6. The molecule has 3 aromatic rings. The highest BCUT2D eigenvalue weighted by Gasteiger charge is 2.43. The molecule has 208 valence electrons. The van der Waals surface area contributed by atoms with E-state index >= 15 is 0 Å². The number of ether oxygens (including phenoxy) is 2. The molecule has 0 bridgehead atoms. The van der Waals surface area contributed by atoms with Gasteiger partial charge in [0, 0.05) is 56.2 Å². The summed E-state index contributed by atoms with van der Waals surface area (Å²) in [4.78, 5) is 43.2. The number of hydrogen-bond donors (Lipinski definition) is 3. The molecule has 5 rings (SSSR count). The summed E-state index contributed by atoms with van der Waals surface area (Å²) >= 11 is 0. The van der Waals surface area contributed by atoms with Crippen LogP contribution in [-0.4, -0.2) is 53.5 Å². The molecule has 1 saturated heterocycles. The van der Waals surface area contributed by atoms with E-state index in [2.05, 4.69) is 30.4 Å². The standard InChI is InChI=1S/C28H27F2N5O5/c29-28(30)39-23-9-8-19(16-24(23)40-28)34-26(37)20-5-1-2-6-21(20)33-17-18-10-12-31-22(15-18)27(38)32-11-4-14-35-13-3-7-25(35)36/h1-2,5-6,8-10,12,15-16,33H,3-4,7,11,13-14,17H2,(H,32,38)(H,34,37). The Labute approximate surface area is 228 Å². The van der Waals surface area contributed by atoms with Crippen LogP contribution >= 0.6 is 0 Å². The van der Waals surface area contributed by atoms with E-state index in [1.165, 1.54) is 24.4 Å². The van der Waals surface area contributed by atoms with Gasteiger partial charge in [0.1, 0.15) is 5.69 Å². The van der Waals surface area contributed by atoms with E-state index in [9.17, 15) is 23.2 Å². The fourth-order valence-electron chi connectivity index (χ4n) is 4.47. The lowest BCUT2D eigenvalue weighted by Gasteiger charge is -2.15. The van der Waals surface area contributed by atoms with Gasteiger partial charge in [-0.25, -0.2) is 0 Å². The van der Waals surface area contributed by atoms with Crippen LogP contribution < -0.4 is 25.4 Å². The molecule has 0 aliphatic carbocycles. The SMILES string of the molecule is O=C(NCCCN1CCCC1=O)c1cc(CNc2ccccc2C(=O)Nc2ccc3c(c2)OC(F)(F)O3)ccn1. The molecule has 1 aromatic heterocycles. The monoisotopic (exact) mass is 551 g/mol. The summed E-state index contributed by atoms with van der Waals surface area (Å²) in [7, 11) is 0. The Morgan fingerprint density at radius 2 is 1.85 bits per heavy atom. The maximum Gasteiger partial charge on any atom is 0.586 e. The molecule has 12 heteroatoms. The van der Waals surface area contributed by atoms with Gasteiger partial charge in [-0.3, -0.25) is 19.4 Å². The fraction of sp³-hybridized carbons (Fsp3) is 0.286. The molecule has 3 N–H and O–H groups in total. The van der Waals surface area contributed by atoms with Gasteiger partial charge in [0.15, 0.2) is 11.5 Å². The van der Waals surface area contributed by atoms with Crippen LogP contribution in [-0.2, 0) is 11.3 Å². The Kier molecular flexibility index (Phi) is 7.76. The first-order valence-electron chi connectivity index (χ1n) is 12.8. The van der Waals surface area contributed by atoms with E-state index in [1.54, 1.807) is 36.4 Å². The van der Waals surface area contributed by atoms with E-state index < -0.39 is 12.2 Å². The second-order valence-corrected chi connectivity index (χ2v) is 9.33. The molecule has 10 nitrogen and oxygen atoms in total. The fourth-order valence-corrected chi connectivity index (χ4v) is 4.47. The summed E-state index contributed by atoms with van der Waals surface area (Å²) in [5.41, 5.74) is 2.16. The van der Waals surface area contributed by atoms with Crippen molar-refractivity contribution in [2.75, 3.05) is 30.3 Å². The molecule has 3 heterocycles. The average Bonchev–Trinajstić information content (AvgIpc) is 3.49. The van der Waals surface area contributed by atoms with Gasteiger partial charge >= 0.3 is 6.29 Å². The molecule has 0 spiro atoms. The van der Waals surface area contributed by atoms with E-state index in [1.807, 2.05) is 4.90 Å². The molecule has 0 radical (unpaired) electrons. The number of anilines is 2. The number of rotatable bonds is 10. The molecular weight excluding hydrogens is 524 g/mol. The van der Waals surface area contributed by atoms with Gasteiger partial charge in [0.25, 0.3) is 11.8 Å². The summed E-state index contributed by atoms with van der Waals surface area (Å²) in [5.74, 6) is -0.898. The number of halogens is 2. The second-order valence-electron chi connectivity index (χ2n) is 9.33. The summed E-state index contributed by atoms with van der Waals surface area (Å²) in [6.45, 7) is 2.13. The minimum Gasteiger partial charge on any atom is -0.395 e. The summed E-state index contributed by atoms with van der Waals surface area (Å²) < 4.78 is 35.4. The molecule has 0 atom stereocenters. The molecule has 2 aromatic carbocycles. The Bertz CT molecular complexity index is 1430. The lowest BCUT2D eigenvalue weighted by atomic mass is 10.1. The van der Waals surface area contributed by atoms with E-state index in [0.717, 1.165) is 18.5 Å². The molecule has 3 amide bonds. The minimum atomic E-state index is -3.75. The van der Waals surface area contributed by atoms with Gasteiger partial charge in [0.2, 0.25) is 5.91 Å². The zero-order valence-electron chi connectivity index (χ0n) is 21.4. The first-order chi connectivity index (χ1) is 19.3. The number of alkyl halides is 2. The zero-order valence-corrected chi connectivity index (χ0v) is 21.4. The maximum absolute atomic E-state index is 13.3. The lowest BCUT2D eigenvalue weighted by Crippen LogP contribution is -2.31. The number of pyridine rings is 1. The van der Waals surface area contributed by atoms with Crippen molar-refractivity contribution < 1.29 is 32.6 Å². The van der Waals surface area contributed by atoms with Gasteiger partial charge in [0.05, 0.1) is 5.56 Å². The Morgan fingerprint density at radius 1 is 1.02 bits per heavy atom. The number of hydrogen-bond acceptors (Lipinski definition) is 7. The third kappa shape index (κ3) is 6.45. The van der Waals surface area contributed by atoms with Crippen molar-refractivity contribution in [1.82, 2.24) is 15.2 Å². The van der Waals surface area contributed by atoms with Crippen LogP contribution in [0.4, 0.5) is 20.2 Å². The smallest absolute Gasteiger partial charge is 0.395 e. The highest BCUT2D eigenvalue weighted by molar-refractivity contribution is 6.08. The van der Waals surface area contributed by atoms with Gasteiger partial charge in [-0.2, -0.15) is 0 Å². The number of carbonyl (C=O) groups is 3. The van der Waals surface area contributed by atoms with Gasteiger partial charge < -0.3 is 30.3 Å². The third-order valence-corrected chi connectivity index (χ3v) is 6.43. The van der Waals surface area contributed by atoms with Gasteiger partial charge in [-0.1, -0.05) is 12.1 Å². The number of nitrogens with zero attached hydrogens (tertiary/aromatic N) is 2. The first kappa shape index (κ1) is 26.9. The summed E-state index contributed by atoms with van der Waals surface area (Å²) in [6, 6.07) is 14.2. The zero-order chi connectivity index (χ0) is 28.1. The third-order valence-electron chi connectivity index (χ3n) is 6.43. The number of carbonyl (C=O) groups excluding carboxylic acids is 3. The van der Waals surface area contributed by atoms with Crippen LogP contribution in [0.15, 0.2) is 60.8 Å². The maximum atomic E-state index is 13.3. The highest BCUT2D eigenvalue weighted by atomic mass is 19.3. The number of fused-ring (bicyclic) bond motifs is 1. The van der Waals surface area contributed by atoms with Gasteiger partial charge in [-0.15, -0.1) is 8.78 Å². The molecular formula is C28H27F2N5O5. The van der Waals surface area contributed by atoms with E-state index in [0.29, 0.717) is 43.7 Å². The van der Waals surface area contributed by atoms with Crippen molar-refractivity contribution in [3.05, 3.63) is 77.6 Å². The van der Waals surface area contributed by atoms with Crippen LogP contribution in [0.3, 0.4) is 0 Å². The largest absolute Gasteiger partial charge is 0.586 e. The Hall–Kier alpha value is -4.74. The first-order valence-corrected chi connectivity index (χ1v) is 12.8. The van der Waals surface area contributed by atoms with E-state index in [4.69, 9.17) is 0 Å². The Balaban J connectivity index is 1.16. The number of para-hydroxylation sites is 1. The topological polar surface area (TPSA) is 122 Å². The van der Waals surface area contributed by atoms with Crippen LogP contribution in [0.5, 0.6) is 11.5 Å². The molecule has 0 unspecified atom stereocenters. The highest BCUT2D eigenvalue weighted by Crippen LogP contribution is 2.42. The number of nitrogens with one attached hydrogen (secondary N) is 3. The molecule has 0 saturated carbocycles. The minimum absolute atomic E-state index is 0.117. The van der Waals surface area contributed by atoms with Crippen molar-refractivity contribution in [3.63, 3.8) is 0 Å². The predicted octanol–water partition coefficient (Wildman–Crippen LogP) is 4.01. The molecule has 40 heavy (non-hydrogen) atoms. The Morgan fingerprint density at radius 3 is 2.67 bits per heavy atom. The van der Waals surface area contributed by atoms with Crippen molar-refractivity contribution >= 4 is 29.1 Å². The number of likely N-dealkylation sites (tertiary alicyclic amines) is 1. The van der Waals surface area contributed by atoms with Gasteiger partial charge in [-0.05, 0) is 54.8 Å². The predicted molar refractivity (Wildman–Crippen MR) is 141 cm³/mol. The van der Waals surface area contributed by atoms with Crippen molar-refractivity contribution in [2.45, 2.75) is 32.1 Å². The van der Waals surface area contributed by atoms with Crippen LogP contribution in [0.1, 0.15) is 45.7 Å².